The molecule has 0 aliphatic heterocycles. The van der Waals surface area contributed by atoms with Crippen LogP contribution in [0, 0.1) is 0 Å². The first-order chi connectivity index (χ1) is 5.77. The molecule has 0 aliphatic carbocycles. The van der Waals surface area contributed by atoms with Gasteiger partial charge in [0, 0.05) is 6.20 Å². The molecule has 0 amide bonds. The van der Waals surface area contributed by atoms with Gasteiger partial charge < -0.3 is 5.11 Å². The van der Waals surface area contributed by atoms with Gasteiger partial charge in [-0.2, -0.15) is 5.10 Å². The standard InChI is InChI=1S/C9H16N2O/c1-3-8(2)9-6-10-11(7-9)4-5-12/h6-8,12H,3-5H2,1-2H3. The van der Waals surface area contributed by atoms with E-state index >= 15 is 0 Å². The second-order valence-electron chi connectivity index (χ2n) is 3.07. The molecule has 1 N–H and O–H groups in total. The van der Waals surface area contributed by atoms with Gasteiger partial charge in [-0.3, -0.25) is 4.68 Å². The van der Waals surface area contributed by atoms with E-state index in [1.807, 2.05) is 12.4 Å². The molecule has 3 heteroatoms. The molecule has 0 aliphatic rings. The van der Waals surface area contributed by atoms with Crippen LogP contribution in [0.25, 0.3) is 0 Å². The Morgan fingerprint density at radius 1 is 1.67 bits per heavy atom. The highest BCUT2D eigenvalue weighted by Crippen LogP contribution is 2.16. The van der Waals surface area contributed by atoms with E-state index < -0.39 is 0 Å². The van der Waals surface area contributed by atoms with Crippen LogP contribution < -0.4 is 0 Å². The molecule has 1 heterocycles. The van der Waals surface area contributed by atoms with E-state index in [-0.39, 0.29) is 6.61 Å². The summed E-state index contributed by atoms with van der Waals surface area (Å²) >= 11 is 0. The number of hydrogen-bond donors (Lipinski definition) is 1. The minimum absolute atomic E-state index is 0.154. The molecular formula is C9H16N2O. The molecule has 0 saturated heterocycles. The largest absolute Gasteiger partial charge is 0.394 e. The van der Waals surface area contributed by atoms with Gasteiger partial charge in [-0.05, 0) is 17.9 Å². The SMILES string of the molecule is CCC(C)c1cnn(CCO)c1. The van der Waals surface area contributed by atoms with Gasteiger partial charge in [-0.25, -0.2) is 0 Å². The number of nitrogens with zero attached hydrogens (tertiary/aromatic N) is 2. The molecule has 0 spiro atoms. The average molecular weight is 168 g/mol. The highest BCUT2D eigenvalue weighted by molar-refractivity contribution is 5.09. The van der Waals surface area contributed by atoms with Crippen molar-refractivity contribution in [1.82, 2.24) is 9.78 Å². The fourth-order valence-electron chi connectivity index (χ4n) is 1.09. The van der Waals surface area contributed by atoms with E-state index in [0.717, 1.165) is 6.42 Å². The molecule has 1 atom stereocenters. The van der Waals surface area contributed by atoms with Crippen LogP contribution in [0.4, 0.5) is 0 Å². The Kier molecular flexibility index (Phi) is 3.29. The van der Waals surface area contributed by atoms with Crippen LogP contribution in [-0.2, 0) is 6.54 Å². The van der Waals surface area contributed by atoms with Gasteiger partial charge in [0.2, 0.25) is 0 Å². The summed E-state index contributed by atoms with van der Waals surface area (Å²) in [7, 11) is 0. The fourth-order valence-corrected chi connectivity index (χ4v) is 1.09. The molecule has 0 fully saturated rings. The zero-order valence-corrected chi connectivity index (χ0v) is 7.70. The predicted molar refractivity (Wildman–Crippen MR) is 48.0 cm³/mol. The quantitative estimate of drug-likeness (QED) is 0.737. The summed E-state index contributed by atoms with van der Waals surface area (Å²) in [6, 6.07) is 0. The first-order valence-corrected chi connectivity index (χ1v) is 4.41. The van der Waals surface area contributed by atoms with Crippen LogP contribution in [0.5, 0.6) is 0 Å². The maximum Gasteiger partial charge on any atom is 0.0640 e. The zero-order chi connectivity index (χ0) is 8.97. The Hall–Kier alpha value is -0.830. The minimum atomic E-state index is 0.154. The van der Waals surface area contributed by atoms with Crippen LogP contribution >= 0.6 is 0 Å². The van der Waals surface area contributed by atoms with Crippen molar-refractivity contribution < 1.29 is 5.11 Å². The highest BCUT2D eigenvalue weighted by atomic mass is 16.3. The van der Waals surface area contributed by atoms with Crippen molar-refractivity contribution in [2.24, 2.45) is 0 Å². The molecule has 68 valence electrons. The molecule has 3 nitrogen and oxygen atoms in total. The molecule has 1 rings (SSSR count). The number of hydrogen-bond acceptors (Lipinski definition) is 2. The van der Waals surface area contributed by atoms with E-state index in [9.17, 15) is 0 Å². The van der Waals surface area contributed by atoms with Crippen molar-refractivity contribution >= 4 is 0 Å². The molecule has 1 unspecified atom stereocenters. The summed E-state index contributed by atoms with van der Waals surface area (Å²) in [5.41, 5.74) is 1.26. The van der Waals surface area contributed by atoms with Crippen molar-refractivity contribution in [3.05, 3.63) is 18.0 Å². The lowest BCUT2D eigenvalue weighted by molar-refractivity contribution is 0.269. The molecule has 0 aromatic carbocycles. The van der Waals surface area contributed by atoms with Gasteiger partial charge in [-0.1, -0.05) is 13.8 Å². The number of aromatic nitrogens is 2. The monoisotopic (exact) mass is 168 g/mol. The average Bonchev–Trinajstić information content (AvgIpc) is 2.52. The molecule has 1 aromatic heterocycles. The molecule has 0 saturated carbocycles. The summed E-state index contributed by atoms with van der Waals surface area (Å²) < 4.78 is 1.78. The number of aliphatic hydroxyl groups excluding tert-OH is 1. The second-order valence-corrected chi connectivity index (χ2v) is 3.07. The van der Waals surface area contributed by atoms with Crippen LogP contribution in [0.15, 0.2) is 12.4 Å². The van der Waals surface area contributed by atoms with E-state index in [0.29, 0.717) is 12.5 Å². The minimum Gasteiger partial charge on any atom is -0.394 e. The van der Waals surface area contributed by atoms with Gasteiger partial charge >= 0.3 is 0 Å². The normalized spacial score (nSPS) is 13.2. The smallest absolute Gasteiger partial charge is 0.0640 e. The van der Waals surface area contributed by atoms with Gasteiger partial charge in [0.1, 0.15) is 0 Å². The number of rotatable bonds is 4. The molecular weight excluding hydrogens is 152 g/mol. The van der Waals surface area contributed by atoms with Gasteiger partial charge in [-0.15, -0.1) is 0 Å². The predicted octanol–water partition coefficient (Wildman–Crippen LogP) is 1.39. The van der Waals surface area contributed by atoms with Crippen molar-refractivity contribution in [2.45, 2.75) is 32.7 Å². The third-order valence-electron chi connectivity index (χ3n) is 2.16. The summed E-state index contributed by atoms with van der Waals surface area (Å²) in [5, 5.41) is 12.8. The van der Waals surface area contributed by atoms with Crippen LogP contribution in [0.1, 0.15) is 31.7 Å². The van der Waals surface area contributed by atoms with Crippen molar-refractivity contribution in [3.8, 4) is 0 Å². The summed E-state index contributed by atoms with van der Waals surface area (Å²) in [6.45, 7) is 5.09. The fraction of sp³-hybridized carbons (Fsp3) is 0.667. The topological polar surface area (TPSA) is 38.0 Å². The van der Waals surface area contributed by atoms with E-state index in [4.69, 9.17) is 5.11 Å². The van der Waals surface area contributed by atoms with E-state index in [2.05, 4.69) is 18.9 Å². The van der Waals surface area contributed by atoms with E-state index in [1.54, 1.807) is 4.68 Å². The van der Waals surface area contributed by atoms with Crippen molar-refractivity contribution in [1.29, 1.82) is 0 Å². The Morgan fingerprint density at radius 2 is 2.42 bits per heavy atom. The lowest BCUT2D eigenvalue weighted by Crippen LogP contribution is -2.01. The Labute approximate surface area is 73.0 Å². The molecule has 0 radical (unpaired) electrons. The van der Waals surface area contributed by atoms with Gasteiger partial charge in [0.05, 0.1) is 19.3 Å². The van der Waals surface area contributed by atoms with Gasteiger partial charge in [0.15, 0.2) is 0 Å². The Balaban J connectivity index is 2.63. The first-order valence-electron chi connectivity index (χ1n) is 4.41. The maximum absolute atomic E-state index is 8.66. The van der Waals surface area contributed by atoms with Crippen molar-refractivity contribution in [2.75, 3.05) is 6.61 Å². The maximum atomic E-state index is 8.66. The van der Waals surface area contributed by atoms with Crippen molar-refractivity contribution in [3.63, 3.8) is 0 Å². The lowest BCUT2D eigenvalue weighted by Gasteiger charge is -2.02. The third kappa shape index (κ3) is 2.08. The summed E-state index contributed by atoms with van der Waals surface area (Å²) in [6.07, 6.45) is 5.01. The second kappa shape index (κ2) is 4.26. The molecule has 0 bridgehead atoms. The summed E-state index contributed by atoms with van der Waals surface area (Å²) in [5.74, 6) is 0.567. The third-order valence-corrected chi connectivity index (χ3v) is 2.16. The highest BCUT2D eigenvalue weighted by Gasteiger charge is 2.04. The molecule has 1 aromatic rings. The van der Waals surface area contributed by atoms with Crippen LogP contribution in [0.2, 0.25) is 0 Å². The first kappa shape index (κ1) is 9.26. The zero-order valence-electron chi connectivity index (χ0n) is 7.70. The van der Waals surface area contributed by atoms with Crippen LogP contribution in [-0.4, -0.2) is 21.5 Å². The Morgan fingerprint density at radius 3 is 3.00 bits per heavy atom. The number of aliphatic hydroxyl groups is 1. The Bertz CT molecular complexity index is 232. The van der Waals surface area contributed by atoms with Crippen LogP contribution in [0.3, 0.4) is 0 Å². The van der Waals surface area contributed by atoms with Gasteiger partial charge in [0.25, 0.3) is 0 Å². The lowest BCUT2D eigenvalue weighted by atomic mass is 10.0. The van der Waals surface area contributed by atoms with E-state index in [1.165, 1.54) is 5.56 Å². The molecule has 12 heavy (non-hydrogen) atoms. The summed E-state index contributed by atoms with van der Waals surface area (Å²) in [4.78, 5) is 0.